The molecule has 0 saturated heterocycles. The first-order valence-corrected chi connectivity index (χ1v) is 48.6. The van der Waals surface area contributed by atoms with Gasteiger partial charge in [0.15, 0.2) is 0 Å². The highest BCUT2D eigenvalue weighted by molar-refractivity contribution is 7.57. The number of aliphatic hydroxyl groups is 6. The molecule has 12 atom stereocenters. The Kier molecular flexibility index (Phi) is 38.3. The van der Waals surface area contributed by atoms with E-state index < -0.39 is 36.6 Å². The number of benzene rings is 12. The average Bonchev–Trinajstić information content (AvgIpc) is 0.786. The summed E-state index contributed by atoms with van der Waals surface area (Å²) in [4.78, 5) is 0. The maximum atomic E-state index is 10.9. The summed E-state index contributed by atoms with van der Waals surface area (Å²) in [7, 11) is 2.02. The van der Waals surface area contributed by atoms with Gasteiger partial charge in [-0.15, -0.1) is 0 Å². The Morgan fingerprint density at radius 3 is 0.872 bits per heavy atom. The Bertz CT molecular complexity index is 5480. The quantitative estimate of drug-likeness (QED) is 0.0359. The molecule has 0 aliphatic carbocycles. The van der Waals surface area contributed by atoms with Gasteiger partial charge in [0.2, 0.25) is 0 Å². The number of phenolic OH excluding ortho intramolecular Hbond substituents is 6. The first-order chi connectivity index (χ1) is 58.3. The molecule has 12 aromatic carbocycles. The van der Waals surface area contributed by atoms with E-state index in [-0.39, 0.29) is 21.7 Å². The van der Waals surface area contributed by atoms with E-state index in [1.807, 2.05) is 224 Å². The van der Waals surface area contributed by atoms with Crippen LogP contribution in [0.25, 0.3) is 0 Å². The number of aromatic hydroxyl groups is 6. The van der Waals surface area contributed by atoms with Crippen LogP contribution in [0.1, 0.15) is 256 Å². The second-order valence-electron chi connectivity index (χ2n) is 36.7. The van der Waals surface area contributed by atoms with Crippen molar-refractivity contribution in [1.82, 2.24) is 0 Å². The number of aryl methyl sites for hydroxylation is 7. The van der Waals surface area contributed by atoms with Gasteiger partial charge < -0.3 is 61.3 Å². The molecule has 0 bridgehead atoms. The summed E-state index contributed by atoms with van der Waals surface area (Å²) in [6.45, 7) is 50.5. The van der Waals surface area contributed by atoms with Gasteiger partial charge in [-0.1, -0.05) is 345 Å². The van der Waals surface area contributed by atoms with Crippen LogP contribution in [-0.4, -0.2) is 61.3 Å². The summed E-state index contributed by atoms with van der Waals surface area (Å²) >= 11 is 0. The lowest BCUT2D eigenvalue weighted by molar-refractivity contribution is 0.200. The van der Waals surface area contributed by atoms with Crippen molar-refractivity contribution in [3.63, 3.8) is 0 Å². The molecule has 0 saturated carbocycles. The van der Waals surface area contributed by atoms with E-state index in [2.05, 4.69) is 120 Å². The van der Waals surface area contributed by atoms with Crippen LogP contribution in [0.2, 0.25) is 0 Å². The number of phenols is 6. The Balaban J connectivity index is 0.000000207. The number of hydrogen-bond donors (Lipinski definition) is 12. The van der Waals surface area contributed by atoms with Crippen LogP contribution < -0.4 is 63.7 Å². The molecular weight excluding hydrogens is 1660 g/mol. The predicted octanol–water partition coefficient (Wildman–Crippen LogP) is 19.8. The van der Waals surface area contributed by atoms with Gasteiger partial charge in [0.05, 0.1) is 36.6 Å². The molecule has 12 aromatic rings. The van der Waals surface area contributed by atoms with Crippen molar-refractivity contribution in [2.45, 2.75) is 231 Å². The lowest BCUT2D eigenvalue weighted by Gasteiger charge is -2.27. The molecule has 12 nitrogen and oxygen atoms in total. The fraction of sp³-hybridized carbons (Fsp3) is 0.327. The van der Waals surface area contributed by atoms with Crippen LogP contribution in [0.4, 0.5) is 0 Å². The third-order valence-corrected chi connectivity index (χ3v) is 29.5. The fourth-order valence-corrected chi connectivity index (χ4v) is 22.1. The van der Waals surface area contributed by atoms with Crippen LogP contribution in [0, 0.1) is 48.5 Å². The summed E-state index contributed by atoms with van der Waals surface area (Å²) in [6.07, 6.45) is -2.99. The third kappa shape index (κ3) is 30.5. The SMILES string of the molecule is CC(O)c1ccccc1Pc1cc(C(C)(C)C)cc(C(C)(C)C)c1O.Cc1cc(C(C)(C)C)cc(Pc2ccccc2C(C)O)c1O.Cc1cc(Pc2ccccc2C(C)O)c(O)c(C(C)(C)C)c1.Cc1ccc(O)c(Pc2ccc(C)cc2C(C)O)c1.Cc1ccc(Pc2cccc(C)c2O)c(C(C)O)c1.Cc1ccc(Pc2ccccc2O)c(C(C)O)c1. The molecule has 0 heterocycles. The van der Waals surface area contributed by atoms with E-state index in [9.17, 15) is 61.3 Å². The fourth-order valence-electron chi connectivity index (χ4n) is 13.8. The zero-order chi connectivity index (χ0) is 93.1. The molecule has 12 N–H and O–H groups in total. The first-order valence-electron chi connectivity index (χ1n) is 42.6. The van der Waals surface area contributed by atoms with Crippen molar-refractivity contribution in [3.8, 4) is 34.5 Å². The van der Waals surface area contributed by atoms with Crippen LogP contribution in [-0.2, 0) is 21.7 Å². The summed E-state index contributed by atoms with van der Waals surface area (Å²) < 4.78 is 0. The zero-order valence-electron chi connectivity index (χ0n) is 77.7. The van der Waals surface area contributed by atoms with Gasteiger partial charge in [-0.3, -0.25) is 0 Å². The minimum absolute atomic E-state index is 0.0106. The van der Waals surface area contributed by atoms with Crippen molar-refractivity contribution >= 4 is 115 Å². The standard InChI is InChI=1S/C22H31O2P.2C19H25O2P.2C16H19O2P.C15H17O2P/c1-14(23)16-10-8-9-11-18(16)25-19-13-15(21(2,3)4)12-17(20(19)24)22(5,6)7;1-12-10-14(19(3,4)5)11-17(18(12)21)22-16-9-7-6-8-15(16)13(2)20;1-12-10-15(19(3,4)5)18(21)17(11-12)22-16-9-7-6-8-14(16)13(2)20;1-10-5-7-15(13(8-10)12(3)17)19-16-9-11(2)4-6-14(16)18;1-10-7-8-14(13(9-10)12(3)17)19-15-6-4-5-11(2)16(15)18;1-10-7-8-14(12(9-10)11(2)16)18-15-6-4-3-5-13(15)17/h8-14,23-25H,1-7H3;2*6-11,13,20-22H,1-5H3;2*4-9,12,17-19H,1-3H3;3-9,11,16-18H,1-2H3. The molecule has 0 amide bonds. The molecule has 125 heavy (non-hydrogen) atoms. The maximum absolute atomic E-state index is 10.9. The van der Waals surface area contributed by atoms with Crippen molar-refractivity contribution in [2.75, 3.05) is 0 Å². The Labute approximate surface area is 756 Å². The predicted molar refractivity (Wildman–Crippen MR) is 545 cm³/mol. The maximum Gasteiger partial charge on any atom is 0.127 e. The topological polar surface area (TPSA) is 243 Å². The summed E-state index contributed by atoms with van der Waals surface area (Å²) in [5.74, 6) is 2.13. The van der Waals surface area contributed by atoms with Gasteiger partial charge in [-0.05, 0) is 241 Å². The zero-order valence-corrected chi connectivity index (χ0v) is 83.7. The minimum Gasteiger partial charge on any atom is -0.507 e. The Hall–Kier alpha value is -8.22. The normalized spacial score (nSPS) is 13.5. The van der Waals surface area contributed by atoms with E-state index in [0.29, 0.717) is 86.0 Å². The van der Waals surface area contributed by atoms with Crippen molar-refractivity contribution < 1.29 is 61.3 Å². The van der Waals surface area contributed by atoms with Gasteiger partial charge in [0, 0.05) is 43.0 Å². The van der Waals surface area contributed by atoms with E-state index in [0.717, 1.165) is 147 Å². The van der Waals surface area contributed by atoms with Gasteiger partial charge in [-0.25, -0.2) is 0 Å². The largest absolute Gasteiger partial charge is 0.507 e. The second kappa shape index (κ2) is 46.2. The minimum atomic E-state index is -0.515. The van der Waals surface area contributed by atoms with Crippen LogP contribution in [0.15, 0.2) is 224 Å². The summed E-state index contributed by atoms with van der Waals surface area (Å²) in [5.41, 5.74) is 17.3. The highest BCUT2D eigenvalue weighted by Crippen LogP contribution is 2.40. The molecule has 12 unspecified atom stereocenters. The van der Waals surface area contributed by atoms with Crippen molar-refractivity contribution in [2.24, 2.45) is 0 Å². The average molecular weight is 1800 g/mol. The molecule has 0 aromatic heterocycles. The lowest BCUT2D eigenvalue weighted by Crippen LogP contribution is -2.21. The van der Waals surface area contributed by atoms with Crippen molar-refractivity contribution in [1.29, 1.82) is 0 Å². The first kappa shape index (κ1) is 104. The summed E-state index contributed by atoms with van der Waals surface area (Å²) in [6, 6.07) is 73.3. The number of para-hydroxylation sites is 2. The monoisotopic (exact) mass is 1800 g/mol. The number of aliphatic hydroxyl groups excluding tert-OH is 6. The molecule has 0 spiro atoms. The summed E-state index contributed by atoms with van der Waals surface area (Å²) in [5, 5.41) is 133. The van der Waals surface area contributed by atoms with Crippen molar-refractivity contribution in [3.05, 3.63) is 319 Å². The van der Waals surface area contributed by atoms with Crippen LogP contribution in [0.3, 0.4) is 0 Å². The smallest absolute Gasteiger partial charge is 0.127 e. The highest BCUT2D eigenvalue weighted by atomic mass is 31.1. The third-order valence-electron chi connectivity index (χ3n) is 21.1. The number of hydrogen-bond acceptors (Lipinski definition) is 12. The van der Waals surface area contributed by atoms with Crippen LogP contribution >= 0.6 is 51.5 Å². The molecule has 0 fully saturated rings. The lowest BCUT2D eigenvalue weighted by atomic mass is 9.80. The Morgan fingerprint density at radius 2 is 0.488 bits per heavy atom. The van der Waals surface area contributed by atoms with E-state index in [1.165, 1.54) is 11.1 Å². The van der Waals surface area contributed by atoms with E-state index in [1.54, 1.807) is 53.7 Å². The van der Waals surface area contributed by atoms with Gasteiger partial charge in [-0.2, -0.15) is 0 Å². The molecule has 666 valence electrons. The van der Waals surface area contributed by atoms with Crippen LogP contribution in [0.5, 0.6) is 34.5 Å². The molecule has 12 rings (SSSR count). The molecule has 0 aliphatic heterocycles. The molecule has 18 heteroatoms. The Morgan fingerprint density at radius 1 is 0.208 bits per heavy atom. The highest BCUT2D eigenvalue weighted by Gasteiger charge is 2.28. The second-order valence-corrected chi connectivity index (χ2v) is 44.6. The molecule has 0 radical (unpaired) electrons. The van der Waals surface area contributed by atoms with E-state index >= 15 is 0 Å². The van der Waals surface area contributed by atoms with Gasteiger partial charge >= 0.3 is 0 Å². The number of rotatable bonds is 18. The molecule has 0 aliphatic rings. The van der Waals surface area contributed by atoms with E-state index in [4.69, 9.17) is 0 Å². The molecular formula is C107H136O12P6. The van der Waals surface area contributed by atoms with Gasteiger partial charge in [0.25, 0.3) is 0 Å². The van der Waals surface area contributed by atoms with Gasteiger partial charge in [0.1, 0.15) is 34.5 Å².